The molecule has 1 aromatic carbocycles. The summed E-state index contributed by atoms with van der Waals surface area (Å²) in [6.45, 7) is 4.84. The van der Waals surface area contributed by atoms with Gasteiger partial charge < -0.3 is 11.5 Å². The van der Waals surface area contributed by atoms with Crippen LogP contribution in [0.1, 0.15) is 12.5 Å². The molecule has 0 heterocycles. The second-order valence-corrected chi connectivity index (χ2v) is 4.69. The first-order chi connectivity index (χ1) is 6.13. The smallest absolute Gasteiger partial charge is 0.0344 e. The van der Waals surface area contributed by atoms with Crippen LogP contribution in [0.5, 0.6) is 0 Å². The van der Waals surface area contributed by atoms with E-state index in [9.17, 15) is 0 Å². The number of hydrogen-bond acceptors (Lipinski definition) is 3. The largest absolute Gasteiger partial charge is 0.399 e. The Bertz CT molecular complexity index is 286. The van der Waals surface area contributed by atoms with Gasteiger partial charge in [0.2, 0.25) is 0 Å². The molecule has 1 atom stereocenters. The van der Waals surface area contributed by atoms with Gasteiger partial charge in [0.1, 0.15) is 0 Å². The third-order valence-electron chi connectivity index (χ3n) is 1.91. The minimum atomic E-state index is 0.461. The van der Waals surface area contributed by atoms with Crippen LogP contribution < -0.4 is 11.5 Å². The Morgan fingerprint density at radius 2 is 2.15 bits per heavy atom. The van der Waals surface area contributed by atoms with E-state index >= 15 is 0 Å². The Morgan fingerprint density at radius 3 is 2.69 bits per heavy atom. The quantitative estimate of drug-likeness (QED) is 0.574. The van der Waals surface area contributed by atoms with Gasteiger partial charge in [0.25, 0.3) is 0 Å². The van der Waals surface area contributed by atoms with E-state index in [2.05, 4.69) is 13.0 Å². The van der Waals surface area contributed by atoms with Crippen LogP contribution >= 0.6 is 11.8 Å². The van der Waals surface area contributed by atoms with Crippen molar-refractivity contribution in [2.45, 2.75) is 24.0 Å². The van der Waals surface area contributed by atoms with Gasteiger partial charge in [0, 0.05) is 22.4 Å². The molecule has 1 aromatic rings. The fourth-order valence-electron chi connectivity index (χ4n) is 1.00. The maximum atomic E-state index is 5.72. The summed E-state index contributed by atoms with van der Waals surface area (Å²) in [6.07, 6.45) is 0. The molecule has 1 unspecified atom stereocenters. The van der Waals surface area contributed by atoms with Crippen LogP contribution in [0.15, 0.2) is 23.1 Å². The summed E-state index contributed by atoms with van der Waals surface area (Å²) in [5.74, 6) is 0. The van der Waals surface area contributed by atoms with Crippen molar-refractivity contribution in [3.63, 3.8) is 0 Å². The van der Waals surface area contributed by atoms with Crippen LogP contribution in [-0.4, -0.2) is 11.8 Å². The molecule has 0 aliphatic rings. The van der Waals surface area contributed by atoms with Crippen molar-refractivity contribution in [1.82, 2.24) is 0 Å². The molecule has 13 heavy (non-hydrogen) atoms. The van der Waals surface area contributed by atoms with Gasteiger partial charge in [0.05, 0.1) is 0 Å². The Morgan fingerprint density at radius 1 is 1.46 bits per heavy atom. The van der Waals surface area contributed by atoms with E-state index in [-0.39, 0.29) is 0 Å². The summed E-state index contributed by atoms with van der Waals surface area (Å²) in [6, 6.07) is 6.09. The Kier molecular flexibility index (Phi) is 3.63. The van der Waals surface area contributed by atoms with Crippen molar-refractivity contribution >= 4 is 17.4 Å². The van der Waals surface area contributed by atoms with E-state index in [0.717, 1.165) is 11.3 Å². The number of thioether (sulfide) groups is 1. The molecule has 0 fully saturated rings. The number of benzene rings is 1. The molecule has 0 saturated carbocycles. The molecule has 0 bridgehead atoms. The lowest BCUT2D eigenvalue weighted by molar-refractivity contribution is 0.951. The Labute approximate surface area is 83.7 Å². The van der Waals surface area contributed by atoms with Crippen LogP contribution in [-0.2, 0) is 0 Å². The SMILES string of the molecule is Cc1cc(SC(C)CN)ccc1N. The van der Waals surface area contributed by atoms with Crippen LogP contribution in [0.3, 0.4) is 0 Å². The average molecular weight is 196 g/mol. The van der Waals surface area contributed by atoms with Gasteiger partial charge in [0.15, 0.2) is 0 Å². The molecule has 3 heteroatoms. The topological polar surface area (TPSA) is 52.0 Å². The monoisotopic (exact) mass is 196 g/mol. The lowest BCUT2D eigenvalue weighted by Crippen LogP contribution is -2.12. The van der Waals surface area contributed by atoms with E-state index in [0.29, 0.717) is 11.8 Å². The lowest BCUT2D eigenvalue weighted by Gasteiger charge is -2.09. The molecule has 0 aliphatic carbocycles. The number of aryl methyl sites for hydroxylation is 1. The van der Waals surface area contributed by atoms with E-state index in [1.165, 1.54) is 4.90 Å². The van der Waals surface area contributed by atoms with Crippen molar-refractivity contribution in [1.29, 1.82) is 0 Å². The third-order valence-corrected chi connectivity index (χ3v) is 3.03. The van der Waals surface area contributed by atoms with Crippen molar-refractivity contribution in [3.05, 3.63) is 23.8 Å². The molecule has 0 aromatic heterocycles. The van der Waals surface area contributed by atoms with E-state index in [4.69, 9.17) is 11.5 Å². The van der Waals surface area contributed by atoms with Gasteiger partial charge in [-0.1, -0.05) is 6.92 Å². The zero-order valence-electron chi connectivity index (χ0n) is 8.08. The molecule has 72 valence electrons. The molecule has 0 amide bonds. The first kappa shape index (κ1) is 10.4. The highest BCUT2D eigenvalue weighted by atomic mass is 32.2. The van der Waals surface area contributed by atoms with Gasteiger partial charge in [-0.15, -0.1) is 11.8 Å². The summed E-state index contributed by atoms with van der Waals surface area (Å²) in [5, 5.41) is 0.461. The van der Waals surface area contributed by atoms with Crippen molar-refractivity contribution in [3.8, 4) is 0 Å². The second kappa shape index (κ2) is 4.53. The summed E-state index contributed by atoms with van der Waals surface area (Å²) in [5.41, 5.74) is 13.2. The fourth-order valence-corrected chi connectivity index (χ4v) is 1.95. The first-order valence-electron chi connectivity index (χ1n) is 4.36. The molecule has 1 rings (SSSR count). The molecule has 0 saturated heterocycles. The average Bonchev–Trinajstić information content (AvgIpc) is 2.11. The highest BCUT2D eigenvalue weighted by molar-refractivity contribution is 8.00. The zero-order chi connectivity index (χ0) is 9.84. The maximum absolute atomic E-state index is 5.72. The Hall–Kier alpha value is -0.670. The predicted octanol–water partition coefficient (Wildman–Crippen LogP) is 2.02. The van der Waals surface area contributed by atoms with Crippen molar-refractivity contribution < 1.29 is 0 Å². The number of hydrogen-bond donors (Lipinski definition) is 2. The summed E-state index contributed by atoms with van der Waals surface area (Å²) in [7, 11) is 0. The van der Waals surface area contributed by atoms with Crippen LogP contribution in [0.2, 0.25) is 0 Å². The number of anilines is 1. The number of nitrogens with two attached hydrogens (primary N) is 2. The van der Waals surface area contributed by atoms with Gasteiger partial charge in [-0.2, -0.15) is 0 Å². The van der Waals surface area contributed by atoms with Crippen molar-refractivity contribution in [2.24, 2.45) is 5.73 Å². The van der Waals surface area contributed by atoms with Crippen LogP contribution in [0, 0.1) is 6.92 Å². The third kappa shape index (κ3) is 2.94. The maximum Gasteiger partial charge on any atom is 0.0344 e. The van der Waals surface area contributed by atoms with E-state index in [1.54, 1.807) is 11.8 Å². The van der Waals surface area contributed by atoms with Gasteiger partial charge in [-0.05, 0) is 30.7 Å². The Balaban J connectivity index is 2.73. The standard InChI is InChI=1S/C10H16N2S/c1-7-5-9(3-4-10(7)12)13-8(2)6-11/h3-5,8H,6,11-12H2,1-2H3. The highest BCUT2D eigenvalue weighted by Crippen LogP contribution is 2.25. The van der Waals surface area contributed by atoms with E-state index in [1.807, 2.05) is 19.1 Å². The molecular formula is C10H16N2S. The predicted molar refractivity (Wildman–Crippen MR) is 60.0 cm³/mol. The fraction of sp³-hybridized carbons (Fsp3) is 0.400. The minimum Gasteiger partial charge on any atom is -0.399 e. The van der Waals surface area contributed by atoms with Gasteiger partial charge >= 0.3 is 0 Å². The van der Waals surface area contributed by atoms with Crippen LogP contribution in [0.25, 0.3) is 0 Å². The summed E-state index contributed by atoms with van der Waals surface area (Å²) in [4.78, 5) is 1.24. The molecule has 0 radical (unpaired) electrons. The molecular weight excluding hydrogens is 180 g/mol. The molecule has 4 N–H and O–H groups in total. The number of rotatable bonds is 3. The molecule has 0 spiro atoms. The summed E-state index contributed by atoms with van der Waals surface area (Å²) < 4.78 is 0. The normalized spacial score (nSPS) is 12.8. The number of nitrogen functional groups attached to an aromatic ring is 1. The first-order valence-corrected chi connectivity index (χ1v) is 5.24. The zero-order valence-corrected chi connectivity index (χ0v) is 8.90. The van der Waals surface area contributed by atoms with E-state index < -0.39 is 0 Å². The summed E-state index contributed by atoms with van der Waals surface area (Å²) >= 11 is 1.79. The molecule has 2 nitrogen and oxygen atoms in total. The van der Waals surface area contributed by atoms with Crippen LogP contribution in [0.4, 0.5) is 5.69 Å². The lowest BCUT2D eigenvalue weighted by atomic mass is 10.2. The minimum absolute atomic E-state index is 0.461. The molecule has 0 aliphatic heterocycles. The second-order valence-electron chi connectivity index (χ2n) is 3.18. The highest BCUT2D eigenvalue weighted by Gasteiger charge is 2.02. The van der Waals surface area contributed by atoms with Gasteiger partial charge in [-0.25, -0.2) is 0 Å². The van der Waals surface area contributed by atoms with Crippen molar-refractivity contribution in [2.75, 3.05) is 12.3 Å². The van der Waals surface area contributed by atoms with Gasteiger partial charge in [-0.3, -0.25) is 0 Å².